The maximum Gasteiger partial charge on any atom is 0.258 e. The SMILES string of the molecule is CC.CN(C)CCN(CC(=O)NO)Sc1cc(F)c(Oc2ccc(F)cc2)c(F)c1. The molecule has 0 saturated heterocycles. The zero-order valence-electron chi connectivity index (χ0n) is 17.3. The Morgan fingerprint density at radius 3 is 2.13 bits per heavy atom. The highest BCUT2D eigenvalue weighted by atomic mass is 32.2. The topological polar surface area (TPSA) is 65.0 Å². The van der Waals surface area contributed by atoms with Crippen LogP contribution in [0.5, 0.6) is 11.5 Å². The van der Waals surface area contributed by atoms with Crippen molar-refractivity contribution in [3.63, 3.8) is 0 Å². The number of rotatable bonds is 9. The lowest BCUT2D eigenvalue weighted by Crippen LogP contribution is -2.35. The van der Waals surface area contributed by atoms with Crippen LogP contribution in [0.15, 0.2) is 41.3 Å². The molecule has 0 unspecified atom stereocenters. The van der Waals surface area contributed by atoms with Gasteiger partial charge in [-0.2, -0.15) is 0 Å². The van der Waals surface area contributed by atoms with Gasteiger partial charge in [0.2, 0.25) is 0 Å². The van der Waals surface area contributed by atoms with Gasteiger partial charge in [0.05, 0.1) is 6.54 Å². The summed E-state index contributed by atoms with van der Waals surface area (Å²) in [4.78, 5) is 13.5. The molecule has 0 saturated carbocycles. The Kier molecular flexibility index (Phi) is 11.3. The minimum Gasteiger partial charge on any atom is -0.451 e. The first kappa shape index (κ1) is 25.8. The summed E-state index contributed by atoms with van der Waals surface area (Å²) in [6.07, 6.45) is 0. The lowest BCUT2D eigenvalue weighted by Gasteiger charge is -2.22. The third kappa shape index (κ3) is 8.62. The number of hydrogen-bond donors (Lipinski definition) is 2. The number of halogens is 3. The number of nitrogens with zero attached hydrogens (tertiary/aromatic N) is 2. The van der Waals surface area contributed by atoms with Gasteiger partial charge in [0, 0.05) is 18.0 Å². The van der Waals surface area contributed by atoms with Crippen molar-refractivity contribution in [2.45, 2.75) is 18.7 Å². The van der Waals surface area contributed by atoms with Gasteiger partial charge in [-0.15, -0.1) is 0 Å². The molecule has 0 fully saturated rings. The predicted molar refractivity (Wildman–Crippen MR) is 110 cm³/mol. The van der Waals surface area contributed by atoms with Crippen molar-refractivity contribution >= 4 is 17.9 Å². The zero-order chi connectivity index (χ0) is 22.7. The van der Waals surface area contributed by atoms with Crippen molar-refractivity contribution < 1.29 is 27.9 Å². The molecule has 0 spiro atoms. The number of carbonyl (C=O) groups is 1. The predicted octanol–water partition coefficient (Wildman–Crippen LogP) is 4.30. The van der Waals surface area contributed by atoms with Crippen LogP contribution in [-0.4, -0.2) is 54.0 Å². The summed E-state index contributed by atoms with van der Waals surface area (Å²) >= 11 is 0.969. The zero-order valence-corrected chi connectivity index (χ0v) is 18.1. The number of ether oxygens (including phenoxy) is 1. The van der Waals surface area contributed by atoms with Gasteiger partial charge in [0.15, 0.2) is 17.4 Å². The highest BCUT2D eigenvalue weighted by molar-refractivity contribution is 7.97. The first-order valence-electron chi connectivity index (χ1n) is 9.21. The first-order valence-corrected chi connectivity index (χ1v) is 9.99. The molecule has 0 aliphatic carbocycles. The van der Waals surface area contributed by atoms with E-state index in [4.69, 9.17) is 9.94 Å². The van der Waals surface area contributed by atoms with Gasteiger partial charge < -0.3 is 9.64 Å². The Bertz CT molecular complexity index is 785. The van der Waals surface area contributed by atoms with Gasteiger partial charge in [-0.1, -0.05) is 13.8 Å². The lowest BCUT2D eigenvalue weighted by atomic mass is 10.3. The van der Waals surface area contributed by atoms with Crippen molar-refractivity contribution in [1.82, 2.24) is 14.7 Å². The molecule has 2 N–H and O–H groups in total. The molecule has 0 heterocycles. The Hall–Kier alpha value is -2.27. The van der Waals surface area contributed by atoms with Crippen molar-refractivity contribution in [1.29, 1.82) is 0 Å². The summed E-state index contributed by atoms with van der Waals surface area (Å²) < 4.78 is 48.4. The standard InChI is InChI=1S/C18H20F3N3O3S.C2H6/c1-23(2)7-8-24(11-17(25)22-26)28-14-9-15(20)18(16(21)10-14)27-13-5-3-12(19)4-6-13;1-2/h3-6,9-10,26H,7-8,11H2,1-2H3,(H,22,25);1-2H3. The van der Waals surface area contributed by atoms with Crippen LogP contribution < -0.4 is 10.2 Å². The van der Waals surface area contributed by atoms with Crippen molar-refractivity contribution in [2.24, 2.45) is 0 Å². The van der Waals surface area contributed by atoms with E-state index in [1.807, 2.05) is 32.8 Å². The quantitative estimate of drug-likeness (QED) is 0.341. The van der Waals surface area contributed by atoms with E-state index in [1.54, 1.807) is 4.31 Å². The maximum absolute atomic E-state index is 14.4. The average molecular weight is 446 g/mol. The molecule has 0 bridgehead atoms. The van der Waals surface area contributed by atoms with Gasteiger partial charge in [-0.3, -0.25) is 10.0 Å². The van der Waals surface area contributed by atoms with Gasteiger partial charge in [-0.25, -0.2) is 23.0 Å². The van der Waals surface area contributed by atoms with Crippen LogP contribution in [0.25, 0.3) is 0 Å². The summed E-state index contributed by atoms with van der Waals surface area (Å²) in [6.45, 7) is 4.82. The van der Waals surface area contributed by atoms with Crippen molar-refractivity contribution in [2.75, 3.05) is 33.7 Å². The fourth-order valence-corrected chi connectivity index (χ4v) is 3.09. The number of carbonyl (C=O) groups excluding carboxylic acids is 1. The van der Waals surface area contributed by atoms with E-state index in [0.717, 1.165) is 36.2 Å². The highest BCUT2D eigenvalue weighted by Crippen LogP contribution is 2.33. The van der Waals surface area contributed by atoms with Crippen LogP contribution in [-0.2, 0) is 4.79 Å². The van der Waals surface area contributed by atoms with Crippen LogP contribution in [0, 0.1) is 17.5 Å². The van der Waals surface area contributed by atoms with Crippen LogP contribution in [0.3, 0.4) is 0 Å². The maximum atomic E-state index is 14.4. The van der Waals surface area contributed by atoms with Crippen LogP contribution >= 0.6 is 11.9 Å². The molecule has 2 rings (SSSR count). The summed E-state index contributed by atoms with van der Waals surface area (Å²) in [5, 5.41) is 8.70. The third-order valence-electron chi connectivity index (χ3n) is 3.48. The van der Waals surface area contributed by atoms with E-state index in [9.17, 15) is 18.0 Å². The summed E-state index contributed by atoms with van der Waals surface area (Å²) in [5.41, 5.74) is 1.53. The minimum absolute atomic E-state index is 0.0897. The lowest BCUT2D eigenvalue weighted by molar-refractivity contribution is -0.129. The molecule has 0 radical (unpaired) electrons. The molecular formula is C20H26F3N3O3S. The Morgan fingerprint density at radius 1 is 1.07 bits per heavy atom. The smallest absolute Gasteiger partial charge is 0.258 e. The number of benzene rings is 2. The number of amides is 1. The second-order valence-electron chi connectivity index (χ2n) is 6.07. The molecule has 30 heavy (non-hydrogen) atoms. The molecule has 2 aromatic carbocycles. The van der Waals surface area contributed by atoms with E-state index in [2.05, 4.69) is 0 Å². The highest BCUT2D eigenvalue weighted by Gasteiger charge is 2.18. The molecule has 0 aliphatic heterocycles. The molecule has 10 heteroatoms. The summed E-state index contributed by atoms with van der Waals surface area (Å²) in [5.74, 6) is -3.54. The van der Waals surface area contributed by atoms with E-state index < -0.39 is 29.1 Å². The average Bonchev–Trinajstić information content (AvgIpc) is 2.71. The van der Waals surface area contributed by atoms with Gasteiger partial charge in [0.1, 0.15) is 11.6 Å². The van der Waals surface area contributed by atoms with E-state index in [0.29, 0.717) is 13.1 Å². The largest absolute Gasteiger partial charge is 0.451 e. The third-order valence-corrected chi connectivity index (χ3v) is 4.50. The van der Waals surface area contributed by atoms with Crippen molar-refractivity contribution in [3.05, 3.63) is 53.8 Å². The Balaban J connectivity index is 0.00000218. The van der Waals surface area contributed by atoms with Crippen molar-refractivity contribution in [3.8, 4) is 11.5 Å². The summed E-state index contributed by atoms with van der Waals surface area (Å²) in [7, 11) is 3.69. The second kappa shape index (κ2) is 13.1. The van der Waals surface area contributed by atoms with Crippen LogP contribution in [0.2, 0.25) is 0 Å². The fraction of sp³-hybridized carbons (Fsp3) is 0.350. The van der Waals surface area contributed by atoms with E-state index in [1.165, 1.54) is 17.6 Å². The fourth-order valence-electron chi connectivity index (χ4n) is 2.12. The Labute approximate surface area is 178 Å². The van der Waals surface area contributed by atoms with Gasteiger partial charge >= 0.3 is 0 Å². The van der Waals surface area contributed by atoms with Crippen LogP contribution in [0.4, 0.5) is 13.2 Å². The van der Waals surface area contributed by atoms with Crippen LogP contribution in [0.1, 0.15) is 13.8 Å². The first-order chi connectivity index (χ1) is 14.3. The van der Waals surface area contributed by atoms with E-state index in [-0.39, 0.29) is 17.2 Å². The normalized spacial score (nSPS) is 10.6. The summed E-state index contributed by atoms with van der Waals surface area (Å²) in [6, 6.07) is 6.90. The Morgan fingerprint density at radius 2 is 1.63 bits per heavy atom. The number of hydrogen-bond acceptors (Lipinski definition) is 6. The molecule has 0 aliphatic rings. The van der Waals surface area contributed by atoms with E-state index >= 15 is 0 Å². The molecule has 2 aromatic rings. The number of hydroxylamine groups is 1. The number of likely N-dealkylation sites (N-methyl/N-ethyl adjacent to an activating group) is 1. The van der Waals surface area contributed by atoms with Gasteiger partial charge in [0.25, 0.3) is 5.91 Å². The molecule has 1 amide bonds. The molecular weight excluding hydrogens is 419 g/mol. The monoisotopic (exact) mass is 445 g/mol. The van der Waals surface area contributed by atoms with Gasteiger partial charge in [-0.05, 0) is 62.4 Å². The molecule has 0 atom stereocenters. The minimum atomic E-state index is -0.939. The molecule has 6 nitrogen and oxygen atoms in total. The number of nitrogens with one attached hydrogen (secondary N) is 1. The second-order valence-corrected chi connectivity index (χ2v) is 7.24. The molecule has 0 aromatic heterocycles. The molecule has 166 valence electrons.